The van der Waals surface area contributed by atoms with Gasteiger partial charge in [0.2, 0.25) is 0 Å². The summed E-state index contributed by atoms with van der Waals surface area (Å²) in [5, 5.41) is 1.06. The lowest BCUT2D eigenvalue weighted by molar-refractivity contribution is 1.35. The van der Waals surface area contributed by atoms with Crippen molar-refractivity contribution in [1.82, 2.24) is 0 Å². The third-order valence-electron chi connectivity index (χ3n) is 1.19. The number of halogens is 4. The molecule has 0 aliphatic carbocycles. The average molecular weight is 292 g/mol. The predicted octanol–water partition coefficient (Wildman–Crippen LogP) is 3.51. The lowest BCUT2D eigenvalue weighted by Gasteiger charge is -2.04. The molecule has 0 spiro atoms. The fourth-order valence-corrected chi connectivity index (χ4v) is 1.23. The van der Waals surface area contributed by atoms with Gasteiger partial charge < -0.3 is 5.43 Å². The summed E-state index contributed by atoms with van der Waals surface area (Å²) in [7, 11) is 0. The number of hydrazine groups is 1. The smallest absolute Gasteiger partial charge is 0.0852 e. The fraction of sp³-hybridized carbons (Fsp3) is 0. The molecule has 0 unspecified atom stereocenters. The van der Waals surface area contributed by atoms with Crippen LogP contribution in [0.4, 0.5) is 5.69 Å². The maximum atomic E-state index is 5.74. The Bertz CT molecular complexity index is 280. The molecular formula is C6H6BrCl3N2. The minimum absolute atomic E-state index is 0. The van der Waals surface area contributed by atoms with Crippen molar-refractivity contribution in [3.63, 3.8) is 0 Å². The minimum Gasteiger partial charge on any atom is -0.323 e. The van der Waals surface area contributed by atoms with Crippen molar-refractivity contribution in [1.29, 1.82) is 0 Å². The number of hydrogen-bond acceptors (Lipinski definition) is 2. The summed E-state index contributed by atoms with van der Waals surface area (Å²) < 4.78 is 0. The zero-order valence-corrected chi connectivity index (χ0v) is 9.76. The Kier molecular flexibility index (Phi) is 5.29. The first-order valence-electron chi connectivity index (χ1n) is 2.77. The molecule has 2 nitrogen and oxygen atoms in total. The lowest BCUT2D eigenvalue weighted by Crippen LogP contribution is -2.07. The normalized spacial score (nSPS) is 9.00. The topological polar surface area (TPSA) is 38.0 Å². The zero-order valence-electron chi connectivity index (χ0n) is 5.77. The van der Waals surface area contributed by atoms with Gasteiger partial charge in [0.05, 0.1) is 20.8 Å². The first-order chi connectivity index (χ1) is 5.16. The first kappa shape index (κ1) is 12.3. The summed E-state index contributed by atoms with van der Waals surface area (Å²) in [5.74, 6) is 5.13. The van der Waals surface area contributed by atoms with Crippen LogP contribution in [-0.2, 0) is 0 Å². The summed E-state index contributed by atoms with van der Waals surface area (Å²) in [5.41, 5.74) is 2.94. The van der Waals surface area contributed by atoms with Gasteiger partial charge in [0.15, 0.2) is 0 Å². The van der Waals surface area contributed by atoms with Crippen LogP contribution in [-0.4, -0.2) is 0 Å². The van der Waals surface area contributed by atoms with Crippen molar-refractivity contribution in [2.45, 2.75) is 0 Å². The van der Waals surface area contributed by atoms with E-state index >= 15 is 0 Å². The molecule has 0 aromatic heterocycles. The highest BCUT2D eigenvalue weighted by Gasteiger charge is 2.06. The molecule has 1 aromatic carbocycles. The fourth-order valence-electron chi connectivity index (χ4n) is 0.637. The molecular weight excluding hydrogens is 286 g/mol. The van der Waals surface area contributed by atoms with Crippen LogP contribution in [0.1, 0.15) is 0 Å². The van der Waals surface area contributed by atoms with Gasteiger partial charge in [0.25, 0.3) is 0 Å². The maximum absolute atomic E-state index is 5.74. The Morgan fingerprint density at radius 1 is 1.08 bits per heavy atom. The van der Waals surface area contributed by atoms with Gasteiger partial charge in [-0.2, -0.15) is 0 Å². The van der Waals surface area contributed by atoms with Crippen molar-refractivity contribution in [2.75, 3.05) is 5.43 Å². The molecule has 0 radical (unpaired) electrons. The monoisotopic (exact) mass is 290 g/mol. The van der Waals surface area contributed by atoms with Crippen molar-refractivity contribution >= 4 is 57.5 Å². The summed E-state index contributed by atoms with van der Waals surface area (Å²) in [4.78, 5) is 0. The first-order valence-corrected chi connectivity index (χ1v) is 3.90. The summed E-state index contributed by atoms with van der Waals surface area (Å²) in [6.07, 6.45) is 0. The molecule has 0 aliphatic rings. The second kappa shape index (κ2) is 5.14. The van der Waals surface area contributed by atoms with E-state index in [-0.39, 0.29) is 17.0 Å². The number of nitrogen functional groups attached to an aromatic ring is 1. The van der Waals surface area contributed by atoms with Gasteiger partial charge in [-0.05, 0) is 12.1 Å². The quantitative estimate of drug-likeness (QED) is 0.472. The number of rotatable bonds is 1. The molecule has 1 rings (SSSR count). The van der Waals surface area contributed by atoms with Crippen LogP contribution in [0.25, 0.3) is 0 Å². The average Bonchev–Trinajstić information content (AvgIpc) is 2.01. The van der Waals surface area contributed by atoms with Gasteiger partial charge >= 0.3 is 0 Å². The Morgan fingerprint density at radius 3 is 2.17 bits per heavy atom. The van der Waals surface area contributed by atoms with Gasteiger partial charge in [-0.3, -0.25) is 5.84 Å². The van der Waals surface area contributed by atoms with Crippen LogP contribution in [0.3, 0.4) is 0 Å². The molecule has 3 N–H and O–H groups in total. The number of nitrogens with one attached hydrogen (secondary N) is 1. The SMILES string of the molecule is Br.NNc1ccc(Cl)c(Cl)c1Cl. The van der Waals surface area contributed by atoms with E-state index in [0.717, 1.165) is 0 Å². The van der Waals surface area contributed by atoms with E-state index in [1.165, 1.54) is 0 Å². The van der Waals surface area contributed by atoms with Gasteiger partial charge in [-0.15, -0.1) is 17.0 Å². The second-order valence-electron chi connectivity index (χ2n) is 1.87. The van der Waals surface area contributed by atoms with E-state index < -0.39 is 0 Å². The molecule has 0 saturated heterocycles. The van der Waals surface area contributed by atoms with Crippen molar-refractivity contribution in [2.24, 2.45) is 5.84 Å². The molecule has 6 heteroatoms. The number of nitrogens with two attached hydrogens (primary N) is 1. The van der Waals surface area contributed by atoms with Crippen molar-refractivity contribution < 1.29 is 0 Å². The van der Waals surface area contributed by atoms with Crippen LogP contribution in [0.15, 0.2) is 12.1 Å². The van der Waals surface area contributed by atoms with Crippen molar-refractivity contribution in [3.05, 3.63) is 27.2 Å². The predicted molar refractivity (Wildman–Crippen MR) is 59.6 cm³/mol. The van der Waals surface area contributed by atoms with E-state index in [2.05, 4.69) is 5.43 Å². The largest absolute Gasteiger partial charge is 0.323 e. The van der Waals surface area contributed by atoms with Crippen molar-refractivity contribution in [3.8, 4) is 0 Å². The third kappa shape index (κ3) is 2.41. The van der Waals surface area contributed by atoms with Crippen LogP contribution < -0.4 is 11.3 Å². The van der Waals surface area contributed by atoms with Gasteiger partial charge in [-0.1, -0.05) is 34.8 Å². The van der Waals surface area contributed by atoms with Gasteiger partial charge in [0, 0.05) is 0 Å². The highest BCUT2D eigenvalue weighted by atomic mass is 79.9. The Morgan fingerprint density at radius 2 is 1.67 bits per heavy atom. The maximum Gasteiger partial charge on any atom is 0.0852 e. The molecule has 68 valence electrons. The van der Waals surface area contributed by atoms with Crippen LogP contribution in [0, 0.1) is 0 Å². The highest BCUT2D eigenvalue weighted by molar-refractivity contribution is 8.93. The molecule has 0 fully saturated rings. The Labute approximate surface area is 95.7 Å². The molecule has 0 heterocycles. The van der Waals surface area contributed by atoms with Gasteiger partial charge in [-0.25, -0.2) is 0 Å². The Balaban J connectivity index is 0.00000121. The molecule has 1 aromatic rings. The molecule has 0 amide bonds. The highest BCUT2D eigenvalue weighted by Crippen LogP contribution is 2.34. The Hall–Kier alpha value is 0.330. The van der Waals surface area contributed by atoms with E-state index in [1.807, 2.05) is 0 Å². The lowest BCUT2D eigenvalue weighted by atomic mass is 10.3. The summed E-state index contributed by atoms with van der Waals surface area (Å²) in [6.45, 7) is 0. The minimum atomic E-state index is 0. The second-order valence-corrected chi connectivity index (χ2v) is 3.03. The van der Waals surface area contributed by atoms with E-state index in [4.69, 9.17) is 40.6 Å². The zero-order chi connectivity index (χ0) is 8.43. The van der Waals surface area contributed by atoms with Crippen LogP contribution in [0.5, 0.6) is 0 Å². The third-order valence-corrected chi connectivity index (χ3v) is 2.48. The molecule has 0 saturated carbocycles. The molecule has 0 atom stereocenters. The van der Waals surface area contributed by atoms with E-state index in [1.54, 1.807) is 12.1 Å². The summed E-state index contributed by atoms with van der Waals surface area (Å²) >= 11 is 17.1. The standard InChI is InChI=1S/C6H5Cl3N2.BrH/c7-3-1-2-4(11-10)6(9)5(3)8;/h1-2,11H,10H2;1H. The van der Waals surface area contributed by atoms with Crippen LogP contribution in [0.2, 0.25) is 15.1 Å². The number of anilines is 1. The summed E-state index contributed by atoms with van der Waals surface area (Å²) in [6, 6.07) is 3.27. The van der Waals surface area contributed by atoms with Gasteiger partial charge in [0.1, 0.15) is 0 Å². The molecule has 0 bridgehead atoms. The van der Waals surface area contributed by atoms with E-state index in [9.17, 15) is 0 Å². The number of hydrogen-bond donors (Lipinski definition) is 2. The van der Waals surface area contributed by atoms with E-state index in [0.29, 0.717) is 20.8 Å². The molecule has 0 aliphatic heterocycles. The number of benzene rings is 1. The molecule has 12 heavy (non-hydrogen) atoms. The van der Waals surface area contributed by atoms with Crippen LogP contribution >= 0.6 is 51.8 Å².